The maximum Gasteiger partial charge on any atom is 0.192 e. The molecule has 0 unspecified atom stereocenters. The van der Waals surface area contributed by atoms with Crippen LogP contribution in [0.25, 0.3) is 32.9 Å². The molecule has 4 rings (SSSR count). The molecule has 0 bridgehead atoms. The molecule has 0 aliphatic rings. The van der Waals surface area contributed by atoms with Crippen molar-refractivity contribution in [1.82, 2.24) is 19.8 Å². The van der Waals surface area contributed by atoms with Crippen molar-refractivity contribution < 1.29 is 15.3 Å². The number of aromatic nitrogens is 2. The van der Waals surface area contributed by atoms with E-state index in [1.807, 2.05) is 57.5 Å². The summed E-state index contributed by atoms with van der Waals surface area (Å²) in [5.74, 6) is 0.436. The Balaban J connectivity index is 1.86. The summed E-state index contributed by atoms with van der Waals surface area (Å²) in [4.78, 5) is 10.4. The summed E-state index contributed by atoms with van der Waals surface area (Å²) in [5.41, 5.74) is 4.69. The predicted molar refractivity (Wildman–Crippen MR) is 125 cm³/mol. The van der Waals surface area contributed by atoms with Crippen molar-refractivity contribution in [3.63, 3.8) is 0 Å². The standard InChI is InChI=1S/C24H30N4O3/c1-27(2)11-9-14-13-25-22-15(6-8-19(29)20(14)22)16-5-7-18-21(23(16)30)17(24(31)26-18)10-12-28(3)4/h5-8,13,25-26,29-31H,9-12H2,1-4H3. The molecule has 4 aromatic rings. The van der Waals surface area contributed by atoms with Crippen LogP contribution in [-0.2, 0) is 12.8 Å². The predicted octanol–water partition coefficient (Wildman–Crippen LogP) is 3.64. The van der Waals surface area contributed by atoms with Crippen LogP contribution in [0.3, 0.4) is 0 Å². The highest BCUT2D eigenvalue weighted by atomic mass is 16.3. The van der Waals surface area contributed by atoms with Crippen LogP contribution in [0.1, 0.15) is 11.1 Å². The zero-order valence-corrected chi connectivity index (χ0v) is 18.5. The number of hydrogen-bond donors (Lipinski definition) is 5. The van der Waals surface area contributed by atoms with Gasteiger partial charge in [-0.15, -0.1) is 0 Å². The summed E-state index contributed by atoms with van der Waals surface area (Å²) in [6.45, 7) is 1.62. The van der Waals surface area contributed by atoms with Gasteiger partial charge in [0.05, 0.1) is 11.0 Å². The van der Waals surface area contributed by atoms with Crippen molar-refractivity contribution in [1.29, 1.82) is 0 Å². The number of aromatic hydroxyl groups is 3. The Morgan fingerprint density at radius 2 is 1.48 bits per heavy atom. The topological polar surface area (TPSA) is 98.8 Å². The van der Waals surface area contributed by atoms with Gasteiger partial charge >= 0.3 is 0 Å². The van der Waals surface area contributed by atoms with E-state index in [0.717, 1.165) is 41.5 Å². The van der Waals surface area contributed by atoms with Gasteiger partial charge in [-0.1, -0.05) is 0 Å². The number of rotatable bonds is 7. The molecule has 0 aliphatic heterocycles. The van der Waals surface area contributed by atoms with E-state index in [1.54, 1.807) is 6.07 Å². The second-order valence-corrected chi connectivity index (χ2v) is 8.64. The Labute approximate surface area is 181 Å². The van der Waals surface area contributed by atoms with Crippen molar-refractivity contribution in [3.8, 4) is 28.5 Å². The Morgan fingerprint density at radius 1 is 0.806 bits per heavy atom. The summed E-state index contributed by atoms with van der Waals surface area (Å²) < 4.78 is 0. The van der Waals surface area contributed by atoms with E-state index < -0.39 is 0 Å². The van der Waals surface area contributed by atoms with Crippen LogP contribution in [0.5, 0.6) is 17.4 Å². The smallest absolute Gasteiger partial charge is 0.192 e. The molecule has 5 N–H and O–H groups in total. The fraction of sp³-hybridized carbons (Fsp3) is 0.333. The number of aromatic amines is 2. The zero-order chi connectivity index (χ0) is 22.3. The van der Waals surface area contributed by atoms with Crippen LogP contribution in [0.4, 0.5) is 0 Å². The second kappa shape index (κ2) is 8.17. The van der Waals surface area contributed by atoms with E-state index in [1.165, 1.54) is 0 Å². The van der Waals surface area contributed by atoms with E-state index in [2.05, 4.69) is 14.9 Å². The van der Waals surface area contributed by atoms with Crippen molar-refractivity contribution in [3.05, 3.63) is 41.6 Å². The lowest BCUT2D eigenvalue weighted by molar-refractivity contribution is 0.404. The van der Waals surface area contributed by atoms with Gasteiger partial charge in [-0.25, -0.2) is 0 Å². The molecule has 31 heavy (non-hydrogen) atoms. The first kappa shape index (κ1) is 21.1. The zero-order valence-electron chi connectivity index (χ0n) is 18.5. The molecule has 0 spiro atoms. The van der Waals surface area contributed by atoms with Gasteiger partial charge in [0.1, 0.15) is 11.5 Å². The molecule has 7 nitrogen and oxygen atoms in total. The average molecular weight is 423 g/mol. The van der Waals surface area contributed by atoms with E-state index in [-0.39, 0.29) is 17.4 Å². The van der Waals surface area contributed by atoms with Gasteiger partial charge in [0.15, 0.2) is 5.88 Å². The van der Waals surface area contributed by atoms with Crippen molar-refractivity contribution >= 4 is 21.8 Å². The summed E-state index contributed by atoms with van der Waals surface area (Å²) in [5, 5.41) is 33.6. The number of benzene rings is 2. The van der Waals surface area contributed by atoms with Gasteiger partial charge in [0.2, 0.25) is 0 Å². The molecule has 2 heterocycles. The first-order chi connectivity index (χ1) is 14.8. The van der Waals surface area contributed by atoms with Gasteiger partial charge < -0.3 is 35.1 Å². The minimum Gasteiger partial charge on any atom is -0.507 e. The van der Waals surface area contributed by atoms with E-state index in [9.17, 15) is 15.3 Å². The minimum atomic E-state index is 0.0889. The lowest BCUT2D eigenvalue weighted by atomic mass is 9.97. The van der Waals surface area contributed by atoms with Crippen molar-refractivity contribution in [2.45, 2.75) is 12.8 Å². The number of fused-ring (bicyclic) bond motifs is 2. The molecule has 0 aliphatic carbocycles. The molecule has 0 radical (unpaired) electrons. The van der Waals surface area contributed by atoms with Gasteiger partial charge in [-0.05, 0) is 70.9 Å². The summed E-state index contributed by atoms with van der Waals surface area (Å²) >= 11 is 0. The summed E-state index contributed by atoms with van der Waals surface area (Å²) in [6.07, 6.45) is 3.34. The fourth-order valence-corrected chi connectivity index (χ4v) is 4.18. The summed E-state index contributed by atoms with van der Waals surface area (Å²) in [6, 6.07) is 7.21. The van der Waals surface area contributed by atoms with Crippen LogP contribution in [0.15, 0.2) is 30.5 Å². The van der Waals surface area contributed by atoms with Crippen LogP contribution in [0.2, 0.25) is 0 Å². The van der Waals surface area contributed by atoms with Crippen LogP contribution in [-0.4, -0.2) is 76.4 Å². The molecule has 0 atom stereocenters. The number of H-pyrrole nitrogens is 2. The number of phenols is 2. The van der Waals surface area contributed by atoms with Crippen molar-refractivity contribution in [2.75, 3.05) is 41.3 Å². The lowest BCUT2D eigenvalue weighted by Crippen LogP contribution is -2.14. The second-order valence-electron chi connectivity index (χ2n) is 8.64. The van der Waals surface area contributed by atoms with Gasteiger partial charge in [-0.3, -0.25) is 0 Å². The molecule has 164 valence electrons. The van der Waals surface area contributed by atoms with E-state index in [4.69, 9.17) is 0 Å². The number of likely N-dealkylation sites (N-methyl/N-ethyl adjacent to an activating group) is 2. The molecular formula is C24H30N4O3. The number of nitrogens with zero attached hydrogens (tertiary/aromatic N) is 2. The quantitative estimate of drug-likeness (QED) is 0.313. The van der Waals surface area contributed by atoms with Crippen LogP contribution >= 0.6 is 0 Å². The average Bonchev–Trinajstić information content (AvgIpc) is 3.27. The maximum atomic E-state index is 11.2. The molecule has 7 heteroatoms. The Bertz CT molecular complexity index is 1240. The monoisotopic (exact) mass is 422 g/mol. The van der Waals surface area contributed by atoms with Crippen molar-refractivity contribution in [2.24, 2.45) is 0 Å². The lowest BCUT2D eigenvalue weighted by Gasteiger charge is -2.12. The third kappa shape index (κ3) is 3.82. The van der Waals surface area contributed by atoms with Crippen LogP contribution in [0, 0.1) is 0 Å². The highest BCUT2D eigenvalue weighted by Gasteiger charge is 2.20. The minimum absolute atomic E-state index is 0.0889. The fourth-order valence-electron chi connectivity index (χ4n) is 4.18. The highest BCUT2D eigenvalue weighted by Crippen LogP contribution is 2.44. The van der Waals surface area contributed by atoms with E-state index in [0.29, 0.717) is 28.5 Å². The molecule has 2 aromatic carbocycles. The Kier molecular flexibility index (Phi) is 5.56. The highest BCUT2D eigenvalue weighted by molar-refractivity contribution is 6.04. The third-order valence-corrected chi connectivity index (χ3v) is 5.84. The molecule has 0 saturated heterocycles. The molecule has 0 fully saturated rings. The maximum absolute atomic E-state index is 11.2. The Hall–Kier alpha value is -3.16. The summed E-state index contributed by atoms with van der Waals surface area (Å²) in [7, 11) is 7.99. The first-order valence-corrected chi connectivity index (χ1v) is 10.4. The third-order valence-electron chi connectivity index (χ3n) is 5.84. The van der Waals surface area contributed by atoms with Crippen LogP contribution < -0.4 is 0 Å². The number of hydrogen-bond acceptors (Lipinski definition) is 5. The molecular weight excluding hydrogens is 392 g/mol. The number of phenolic OH excluding ortho intramolecular Hbond substituents is 2. The largest absolute Gasteiger partial charge is 0.507 e. The normalized spacial score (nSPS) is 12.1. The van der Waals surface area contributed by atoms with Gasteiger partial charge in [0.25, 0.3) is 0 Å². The Morgan fingerprint density at radius 3 is 2.19 bits per heavy atom. The first-order valence-electron chi connectivity index (χ1n) is 10.4. The van der Waals surface area contributed by atoms with E-state index >= 15 is 0 Å². The van der Waals surface area contributed by atoms with Gasteiger partial charge in [0, 0.05) is 46.7 Å². The number of nitrogens with one attached hydrogen (secondary N) is 2. The molecule has 0 saturated carbocycles. The van der Waals surface area contributed by atoms with Gasteiger partial charge in [-0.2, -0.15) is 0 Å². The molecule has 2 aromatic heterocycles. The SMILES string of the molecule is CN(C)CCc1c(O)[nH]c2ccc(-c3ccc(O)c4c(CCN(C)C)c[nH]c34)c(O)c12. The molecule has 0 amide bonds.